The molecule has 4 heteroatoms. The second-order valence-electron chi connectivity index (χ2n) is 2.49. The fourth-order valence-electron chi connectivity index (χ4n) is 1.04. The fourth-order valence-corrected chi connectivity index (χ4v) is 2.54. The number of nitrogens with one attached hydrogen (secondary N) is 1. The van der Waals surface area contributed by atoms with Gasteiger partial charge in [0.1, 0.15) is 0 Å². The van der Waals surface area contributed by atoms with Crippen molar-refractivity contribution in [1.82, 2.24) is 5.32 Å². The third-order valence-electron chi connectivity index (χ3n) is 1.66. The van der Waals surface area contributed by atoms with Gasteiger partial charge in [0.25, 0.3) is 0 Å². The molecule has 2 heterocycles. The van der Waals surface area contributed by atoms with Gasteiger partial charge in [0.2, 0.25) is 5.91 Å². The summed E-state index contributed by atoms with van der Waals surface area (Å²) in [4.78, 5) is 11.8. The van der Waals surface area contributed by atoms with Crippen molar-refractivity contribution in [3.63, 3.8) is 0 Å². The maximum absolute atomic E-state index is 10.6. The minimum Gasteiger partial charge on any atom is -0.348 e. The minimum atomic E-state index is 0.152. The van der Waals surface area contributed by atoms with Crippen molar-refractivity contribution in [2.45, 2.75) is 12.5 Å². The lowest BCUT2D eigenvalue weighted by Gasteiger charge is -2.25. The van der Waals surface area contributed by atoms with Gasteiger partial charge in [0.15, 0.2) is 0 Å². The SMILES string of the molecule is O=C1CC(c2cc(Br)cs2)N1. The molecule has 2 rings (SSSR count). The lowest BCUT2D eigenvalue weighted by Crippen LogP contribution is -2.40. The highest BCUT2D eigenvalue weighted by Gasteiger charge is 2.27. The topological polar surface area (TPSA) is 29.1 Å². The highest BCUT2D eigenvalue weighted by Crippen LogP contribution is 2.31. The molecule has 1 aromatic rings. The van der Waals surface area contributed by atoms with Crippen LogP contribution in [0.3, 0.4) is 0 Å². The average molecular weight is 232 g/mol. The summed E-state index contributed by atoms with van der Waals surface area (Å²) in [5, 5.41) is 4.85. The zero-order chi connectivity index (χ0) is 7.84. The van der Waals surface area contributed by atoms with Crippen molar-refractivity contribution in [3.8, 4) is 0 Å². The van der Waals surface area contributed by atoms with E-state index in [4.69, 9.17) is 0 Å². The Hall–Kier alpha value is -0.350. The molecule has 0 aliphatic carbocycles. The molecule has 1 aliphatic heterocycles. The molecule has 0 radical (unpaired) electrons. The quantitative estimate of drug-likeness (QED) is 0.738. The van der Waals surface area contributed by atoms with E-state index in [1.807, 2.05) is 5.38 Å². The van der Waals surface area contributed by atoms with Crippen molar-refractivity contribution in [3.05, 3.63) is 20.8 Å². The van der Waals surface area contributed by atoms with Gasteiger partial charge >= 0.3 is 0 Å². The van der Waals surface area contributed by atoms with Gasteiger partial charge in [-0.05, 0) is 22.0 Å². The maximum Gasteiger partial charge on any atom is 0.222 e. The van der Waals surface area contributed by atoms with Gasteiger partial charge in [-0.15, -0.1) is 11.3 Å². The van der Waals surface area contributed by atoms with Crippen LogP contribution in [0.1, 0.15) is 17.3 Å². The molecule has 0 saturated carbocycles. The number of hydrogen-bond donors (Lipinski definition) is 1. The summed E-state index contributed by atoms with van der Waals surface area (Å²) in [6.07, 6.45) is 0.646. The highest BCUT2D eigenvalue weighted by atomic mass is 79.9. The molecule has 1 saturated heterocycles. The first-order valence-electron chi connectivity index (χ1n) is 3.29. The Kier molecular flexibility index (Phi) is 1.73. The van der Waals surface area contributed by atoms with Gasteiger partial charge in [-0.25, -0.2) is 0 Å². The van der Waals surface area contributed by atoms with Gasteiger partial charge in [-0.1, -0.05) is 0 Å². The van der Waals surface area contributed by atoms with E-state index < -0.39 is 0 Å². The van der Waals surface area contributed by atoms with Crippen LogP contribution in [0.15, 0.2) is 15.9 Å². The predicted molar refractivity (Wildman–Crippen MR) is 47.5 cm³/mol. The molecular weight excluding hydrogens is 226 g/mol. The Labute approximate surface area is 76.7 Å². The molecule has 1 atom stereocenters. The molecular formula is C7H6BrNOS. The molecule has 1 unspecified atom stereocenters. The third-order valence-corrected chi connectivity index (χ3v) is 3.46. The number of carbonyl (C=O) groups excluding carboxylic acids is 1. The van der Waals surface area contributed by atoms with Crippen molar-refractivity contribution >= 4 is 33.2 Å². The summed E-state index contributed by atoms with van der Waals surface area (Å²) < 4.78 is 1.10. The number of halogens is 1. The number of rotatable bonds is 1. The molecule has 0 aromatic carbocycles. The number of thiophene rings is 1. The van der Waals surface area contributed by atoms with E-state index in [0.717, 1.165) is 4.47 Å². The van der Waals surface area contributed by atoms with Crippen LogP contribution in [-0.2, 0) is 4.79 Å². The van der Waals surface area contributed by atoms with E-state index in [1.165, 1.54) is 4.88 Å². The molecule has 0 spiro atoms. The summed E-state index contributed by atoms with van der Waals surface area (Å²) in [6, 6.07) is 2.33. The minimum absolute atomic E-state index is 0.152. The average Bonchev–Trinajstić information content (AvgIpc) is 2.29. The Bertz CT molecular complexity index is 288. The largest absolute Gasteiger partial charge is 0.348 e. The molecule has 11 heavy (non-hydrogen) atoms. The second-order valence-corrected chi connectivity index (χ2v) is 4.35. The van der Waals surface area contributed by atoms with Crippen LogP contribution in [0.2, 0.25) is 0 Å². The van der Waals surface area contributed by atoms with Crippen LogP contribution in [0, 0.1) is 0 Å². The van der Waals surface area contributed by atoms with Crippen molar-refractivity contribution in [2.24, 2.45) is 0 Å². The first-order chi connectivity index (χ1) is 5.25. The van der Waals surface area contributed by atoms with Crippen LogP contribution >= 0.6 is 27.3 Å². The monoisotopic (exact) mass is 231 g/mol. The van der Waals surface area contributed by atoms with E-state index in [1.54, 1.807) is 11.3 Å². The summed E-state index contributed by atoms with van der Waals surface area (Å²) in [6.45, 7) is 0. The molecule has 1 fully saturated rings. The normalized spacial score (nSPS) is 22.6. The van der Waals surface area contributed by atoms with Gasteiger partial charge < -0.3 is 5.32 Å². The molecule has 0 bridgehead atoms. The summed E-state index contributed by atoms with van der Waals surface area (Å²) in [5.74, 6) is 0.152. The fraction of sp³-hybridized carbons (Fsp3) is 0.286. The lowest BCUT2D eigenvalue weighted by atomic mass is 10.1. The van der Waals surface area contributed by atoms with Crippen molar-refractivity contribution in [1.29, 1.82) is 0 Å². The van der Waals surface area contributed by atoms with E-state index >= 15 is 0 Å². The highest BCUT2D eigenvalue weighted by molar-refractivity contribution is 9.10. The van der Waals surface area contributed by atoms with E-state index in [2.05, 4.69) is 27.3 Å². The van der Waals surface area contributed by atoms with E-state index in [9.17, 15) is 4.79 Å². The van der Waals surface area contributed by atoms with Gasteiger partial charge in [0.05, 0.1) is 12.5 Å². The molecule has 1 aromatic heterocycles. The molecule has 1 amide bonds. The number of hydrogen-bond acceptors (Lipinski definition) is 2. The summed E-state index contributed by atoms with van der Waals surface area (Å²) in [5.41, 5.74) is 0. The Morgan fingerprint density at radius 3 is 2.91 bits per heavy atom. The van der Waals surface area contributed by atoms with E-state index in [0.29, 0.717) is 6.42 Å². The smallest absolute Gasteiger partial charge is 0.222 e. The Morgan fingerprint density at radius 2 is 2.45 bits per heavy atom. The summed E-state index contributed by atoms with van der Waals surface area (Å²) >= 11 is 5.04. The lowest BCUT2D eigenvalue weighted by molar-refractivity contribution is -0.128. The Morgan fingerprint density at radius 1 is 1.73 bits per heavy atom. The van der Waals surface area contributed by atoms with Crippen LogP contribution in [-0.4, -0.2) is 5.91 Å². The number of carbonyl (C=O) groups is 1. The van der Waals surface area contributed by atoms with Crippen molar-refractivity contribution < 1.29 is 4.79 Å². The molecule has 1 N–H and O–H groups in total. The molecule has 2 nitrogen and oxygen atoms in total. The first kappa shape index (κ1) is 7.31. The van der Waals surface area contributed by atoms with Gasteiger partial charge in [0, 0.05) is 14.7 Å². The Balaban J connectivity index is 2.12. The third kappa shape index (κ3) is 1.32. The van der Waals surface area contributed by atoms with Gasteiger partial charge in [-0.2, -0.15) is 0 Å². The zero-order valence-electron chi connectivity index (χ0n) is 5.63. The number of β-lactam (4-membered cyclic amide) rings is 1. The van der Waals surface area contributed by atoms with Crippen LogP contribution < -0.4 is 5.32 Å². The standard InChI is InChI=1S/C7H6BrNOS/c8-4-1-6(11-3-4)5-2-7(10)9-5/h1,3,5H,2H2,(H,9,10). The van der Waals surface area contributed by atoms with Crippen LogP contribution in [0.25, 0.3) is 0 Å². The zero-order valence-corrected chi connectivity index (χ0v) is 8.04. The second kappa shape index (κ2) is 2.60. The molecule has 1 aliphatic rings. The van der Waals surface area contributed by atoms with Gasteiger partial charge in [-0.3, -0.25) is 4.79 Å². The summed E-state index contributed by atoms with van der Waals surface area (Å²) in [7, 11) is 0. The maximum atomic E-state index is 10.6. The van der Waals surface area contributed by atoms with Crippen molar-refractivity contribution in [2.75, 3.05) is 0 Å². The van der Waals surface area contributed by atoms with E-state index in [-0.39, 0.29) is 11.9 Å². The first-order valence-corrected chi connectivity index (χ1v) is 4.96. The van der Waals surface area contributed by atoms with Crippen LogP contribution in [0.5, 0.6) is 0 Å². The van der Waals surface area contributed by atoms with Crippen LogP contribution in [0.4, 0.5) is 0 Å². The molecule has 58 valence electrons. The predicted octanol–water partition coefficient (Wildman–Crippen LogP) is 2.07. The number of amides is 1.